The maximum Gasteiger partial charge on any atom is 0.192 e. The first-order valence-corrected chi connectivity index (χ1v) is 13.8. The summed E-state index contributed by atoms with van der Waals surface area (Å²) in [6.45, 7) is 25.0. The van der Waals surface area contributed by atoms with E-state index in [4.69, 9.17) is 13.9 Å². The Balaban J connectivity index is 1.84. The van der Waals surface area contributed by atoms with E-state index in [0.29, 0.717) is 13.2 Å². The Morgan fingerprint density at radius 1 is 1.31 bits per heavy atom. The van der Waals surface area contributed by atoms with Gasteiger partial charge in [-0.05, 0) is 44.5 Å². The van der Waals surface area contributed by atoms with Crippen molar-refractivity contribution in [3.8, 4) is 0 Å². The number of ketones is 1. The van der Waals surface area contributed by atoms with E-state index in [1.54, 1.807) is 0 Å². The molecule has 2 aliphatic heterocycles. The molecule has 0 radical (unpaired) electrons. The summed E-state index contributed by atoms with van der Waals surface area (Å²) in [4.78, 5) is 13.9. The summed E-state index contributed by atoms with van der Waals surface area (Å²) >= 11 is 0. The van der Waals surface area contributed by atoms with Crippen molar-refractivity contribution < 1.29 is 18.7 Å². The number of carbonyl (C=O) groups excluding carboxylic acids is 1. The number of carbonyl (C=O) groups is 1. The highest BCUT2D eigenvalue weighted by Crippen LogP contribution is 2.75. The SMILES string of the molecule is C=CC1O[C@H]2C(C)=C[C@@]3(CO[Si](C)(C)C(C)(C)C)COC4(C)C(=O)[C@]1(C)[C@]2(C)[C@H]43. The zero-order chi connectivity index (χ0) is 21.8. The Morgan fingerprint density at radius 2 is 1.93 bits per heavy atom. The molecule has 7 atom stereocenters. The zero-order valence-electron chi connectivity index (χ0n) is 19.6. The Kier molecular flexibility index (Phi) is 4.24. The summed E-state index contributed by atoms with van der Waals surface area (Å²) in [7, 11) is -1.94. The molecule has 0 aromatic rings. The van der Waals surface area contributed by atoms with Crippen molar-refractivity contribution >= 4 is 14.1 Å². The molecular formula is C24H38O4Si. The van der Waals surface area contributed by atoms with E-state index in [2.05, 4.69) is 67.3 Å². The molecule has 1 saturated carbocycles. The van der Waals surface area contributed by atoms with Crippen LogP contribution in [0, 0.1) is 22.2 Å². The molecule has 0 aromatic heterocycles. The summed E-state index contributed by atoms with van der Waals surface area (Å²) in [5, 5.41) is 0.136. The number of hydrogen-bond acceptors (Lipinski definition) is 4. The Morgan fingerprint density at radius 3 is 2.48 bits per heavy atom. The summed E-state index contributed by atoms with van der Waals surface area (Å²) in [5.41, 5.74) is -0.894. The summed E-state index contributed by atoms with van der Waals surface area (Å²) in [6.07, 6.45) is 3.75. The fourth-order valence-corrected chi connectivity index (χ4v) is 8.00. The molecule has 0 aromatic carbocycles. The van der Waals surface area contributed by atoms with E-state index in [-0.39, 0.29) is 39.8 Å². The molecule has 0 bridgehead atoms. The number of ether oxygens (including phenoxy) is 2. The Hall–Kier alpha value is -0.753. The average Bonchev–Trinajstić information content (AvgIpc) is 3.08. The molecule has 29 heavy (non-hydrogen) atoms. The lowest BCUT2D eigenvalue weighted by atomic mass is 9.51. The lowest BCUT2D eigenvalue weighted by Crippen LogP contribution is -2.55. The predicted molar refractivity (Wildman–Crippen MR) is 117 cm³/mol. The van der Waals surface area contributed by atoms with E-state index in [1.165, 1.54) is 5.57 Å². The average molecular weight is 419 g/mol. The topological polar surface area (TPSA) is 44.8 Å². The molecule has 0 amide bonds. The van der Waals surface area contributed by atoms with Gasteiger partial charge in [0.05, 0.1) is 24.2 Å². The van der Waals surface area contributed by atoms with E-state index in [1.807, 2.05) is 13.0 Å². The molecule has 5 heteroatoms. The second kappa shape index (κ2) is 5.73. The first-order valence-electron chi connectivity index (χ1n) is 10.9. The lowest BCUT2D eigenvalue weighted by Gasteiger charge is -2.51. The molecule has 2 aliphatic carbocycles. The number of rotatable bonds is 4. The number of hydrogen-bond donors (Lipinski definition) is 0. The van der Waals surface area contributed by atoms with Crippen LogP contribution in [0.15, 0.2) is 24.3 Å². The van der Waals surface area contributed by atoms with Crippen molar-refractivity contribution in [3.05, 3.63) is 24.3 Å². The van der Waals surface area contributed by atoms with E-state index in [0.717, 1.165) is 0 Å². The van der Waals surface area contributed by atoms with Crippen LogP contribution < -0.4 is 0 Å². The minimum Gasteiger partial charge on any atom is -0.416 e. The molecule has 4 rings (SSSR count). The van der Waals surface area contributed by atoms with E-state index >= 15 is 0 Å². The van der Waals surface area contributed by atoms with Crippen molar-refractivity contribution in [2.45, 2.75) is 84.4 Å². The van der Waals surface area contributed by atoms with Crippen LogP contribution in [0.5, 0.6) is 0 Å². The molecule has 4 aliphatic rings. The van der Waals surface area contributed by atoms with Crippen LogP contribution in [0.3, 0.4) is 0 Å². The molecule has 2 saturated heterocycles. The van der Waals surface area contributed by atoms with Crippen LogP contribution in [-0.2, 0) is 18.7 Å². The van der Waals surface area contributed by atoms with Crippen LogP contribution in [0.25, 0.3) is 0 Å². The first kappa shape index (κ1) is 21.5. The van der Waals surface area contributed by atoms with Crippen molar-refractivity contribution in [2.75, 3.05) is 13.2 Å². The van der Waals surface area contributed by atoms with E-state index < -0.39 is 19.3 Å². The quantitative estimate of drug-likeness (QED) is 0.481. The van der Waals surface area contributed by atoms with E-state index in [9.17, 15) is 4.79 Å². The van der Waals surface area contributed by atoms with Crippen LogP contribution >= 0.6 is 0 Å². The monoisotopic (exact) mass is 418 g/mol. The molecule has 162 valence electrons. The first-order chi connectivity index (χ1) is 13.1. The summed E-state index contributed by atoms with van der Waals surface area (Å²) < 4.78 is 19.6. The van der Waals surface area contributed by atoms with Gasteiger partial charge in [0.25, 0.3) is 0 Å². The Bertz CT molecular complexity index is 810. The van der Waals surface area contributed by atoms with Crippen LogP contribution in [0.2, 0.25) is 18.1 Å². The van der Waals surface area contributed by atoms with Gasteiger partial charge in [-0.25, -0.2) is 0 Å². The van der Waals surface area contributed by atoms with Crippen LogP contribution in [0.1, 0.15) is 48.5 Å². The van der Waals surface area contributed by atoms with Gasteiger partial charge in [0.15, 0.2) is 14.1 Å². The molecule has 3 fully saturated rings. The Labute approximate surface area is 177 Å². The van der Waals surface area contributed by atoms with Crippen molar-refractivity contribution in [1.82, 2.24) is 0 Å². The molecular weight excluding hydrogens is 380 g/mol. The maximum atomic E-state index is 13.9. The third-order valence-electron chi connectivity index (χ3n) is 9.45. The van der Waals surface area contributed by atoms with Gasteiger partial charge in [0, 0.05) is 23.4 Å². The molecule has 2 heterocycles. The fraction of sp³-hybridized carbons (Fsp3) is 0.792. The largest absolute Gasteiger partial charge is 0.416 e. The highest BCUT2D eigenvalue weighted by atomic mass is 28.4. The van der Waals surface area contributed by atoms with Gasteiger partial charge in [-0.15, -0.1) is 6.58 Å². The van der Waals surface area contributed by atoms with Gasteiger partial charge >= 0.3 is 0 Å². The molecule has 0 spiro atoms. The van der Waals surface area contributed by atoms with Gasteiger partial charge in [-0.1, -0.05) is 39.8 Å². The van der Waals surface area contributed by atoms with Crippen molar-refractivity contribution in [3.63, 3.8) is 0 Å². The smallest absolute Gasteiger partial charge is 0.192 e. The van der Waals surface area contributed by atoms with Crippen LogP contribution in [0.4, 0.5) is 0 Å². The molecule has 0 N–H and O–H groups in total. The van der Waals surface area contributed by atoms with Gasteiger partial charge in [0.1, 0.15) is 5.60 Å². The minimum atomic E-state index is -1.94. The highest BCUT2D eigenvalue weighted by molar-refractivity contribution is 6.74. The van der Waals surface area contributed by atoms with Gasteiger partial charge in [0.2, 0.25) is 0 Å². The third kappa shape index (κ3) is 2.23. The standard InChI is InChI=1S/C24H38O4Si/c1-11-16-21(6)19(25)23(8)18-22(21,7)17(28-16)15(2)12-24(18,13-26-23)14-27-29(9,10)20(3,4)5/h11-12,16-18H,1,13-14H2,2-10H3/t16?,17-,18+,21+,22-,23?,24-/m0/s1. The van der Waals surface area contributed by atoms with Gasteiger partial charge in [-0.3, -0.25) is 4.79 Å². The third-order valence-corrected chi connectivity index (χ3v) is 13.9. The summed E-state index contributed by atoms with van der Waals surface area (Å²) in [5.74, 6) is 0.200. The maximum absolute atomic E-state index is 13.9. The van der Waals surface area contributed by atoms with Crippen molar-refractivity contribution in [2.24, 2.45) is 22.2 Å². The molecule has 2 unspecified atom stereocenters. The van der Waals surface area contributed by atoms with Crippen LogP contribution in [-0.4, -0.2) is 45.1 Å². The number of Topliss-reactive ketones (excluding diaryl/α,β-unsaturated/α-hetero) is 1. The molecule has 4 nitrogen and oxygen atoms in total. The second-order valence-corrected chi connectivity index (χ2v) is 16.8. The van der Waals surface area contributed by atoms with Crippen molar-refractivity contribution in [1.29, 1.82) is 0 Å². The van der Waals surface area contributed by atoms with Gasteiger partial charge in [-0.2, -0.15) is 0 Å². The predicted octanol–water partition coefficient (Wildman–Crippen LogP) is 4.91. The summed E-state index contributed by atoms with van der Waals surface area (Å²) in [6, 6.07) is 0. The second-order valence-electron chi connectivity index (χ2n) is 12.0. The zero-order valence-corrected chi connectivity index (χ0v) is 20.6. The normalized spacial score (nSPS) is 48.7. The fourth-order valence-electron chi connectivity index (χ4n) is 6.93. The highest BCUT2D eigenvalue weighted by Gasteiger charge is 2.84. The lowest BCUT2D eigenvalue weighted by molar-refractivity contribution is -0.145. The minimum absolute atomic E-state index is 0.0309. The van der Waals surface area contributed by atoms with Gasteiger partial charge < -0.3 is 13.9 Å².